The molecule has 0 radical (unpaired) electrons. The monoisotopic (exact) mass is 225 g/mol. The van der Waals surface area contributed by atoms with E-state index >= 15 is 0 Å². The van der Waals surface area contributed by atoms with Crippen LogP contribution in [0.25, 0.3) is 0 Å². The van der Waals surface area contributed by atoms with Crippen LogP contribution in [0.15, 0.2) is 18.2 Å². The Bertz CT molecular complexity index is 337. The van der Waals surface area contributed by atoms with Crippen molar-refractivity contribution >= 4 is 11.8 Å². The van der Waals surface area contributed by atoms with Crippen molar-refractivity contribution < 1.29 is 9.84 Å². The molecule has 1 aromatic carbocycles. The quantitative estimate of drug-likeness (QED) is 0.827. The highest BCUT2D eigenvalue weighted by Crippen LogP contribution is 2.35. The van der Waals surface area contributed by atoms with Crippen LogP contribution in [-0.4, -0.2) is 24.0 Å². The first-order valence-electron chi connectivity index (χ1n) is 5.12. The molecule has 1 fully saturated rings. The van der Waals surface area contributed by atoms with Gasteiger partial charge in [-0.2, -0.15) is 0 Å². The molecule has 0 amide bonds. The number of nitrogens with one attached hydrogen (secondary N) is 1. The van der Waals surface area contributed by atoms with Crippen LogP contribution >= 0.6 is 11.8 Å². The number of rotatable bonds is 3. The van der Waals surface area contributed by atoms with Gasteiger partial charge in [-0.25, -0.2) is 0 Å². The maximum Gasteiger partial charge on any atom is 0.161 e. The second-order valence-corrected chi connectivity index (χ2v) is 4.58. The minimum absolute atomic E-state index is 0.212. The zero-order valence-corrected chi connectivity index (χ0v) is 9.51. The third-order valence-corrected chi connectivity index (χ3v) is 3.51. The predicted molar refractivity (Wildman–Crippen MR) is 62.5 cm³/mol. The molecule has 0 aliphatic carbocycles. The fraction of sp³-hybridized carbons (Fsp3) is 0.455. The highest BCUT2D eigenvalue weighted by atomic mass is 32.2. The highest BCUT2D eigenvalue weighted by molar-refractivity contribution is 7.99. The second kappa shape index (κ2) is 4.77. The number of hydrogen-bond acceptors (Lipinski definition) is 4. The van der Waals surface area contributed by atoms with E-state index in [1.165, 1.54) is 5.56 Å². The standard InChI is InChI=1S/C11H15NO2S/c1-2-14-10-7-8(3-4-9(10)13)11-12-5-6-15-11/h3-4,7,11-13H,2,5-6H2,1H3. The van der Waals surface area contributed by atoms with E-state index < -0.39 is 0 Å². The summed E-state index contributed by atoms with van der Waals surface area (Å²) in [5.41, 5.74) is 1.17. The molecule has 0 aromatic heterocycles. The Hall–Kier alpha value is -0.870. The van der Waals surface area contributed by atoms with E-state index in [0.29, 0.717) is 17.7 Å². The van der Waals surface area contributed by atoms with Crippen LogP contribution in [0.5, 0.6) is 11.5 Å². The zero-order valence-electron chi connectivity index (χ0n) is 8.69. The molecule has 1 saturated heterocycles. The third kappa shape index (κ3) is 2.38. The summed E-state index contributed by atoms with van der Waals surface area (Å²) in [6.45, 7) is 3.52. The van der Waals surface area contributed by atoms with E-state index in [4.69, 9.17) is 4.74 Å². The van der Waals surface area contributed by atoms with Gasteiger partial charge >= 0.3 is 0 Å². The molecular formula is C11H15NO2S. The summed E-state index contributed by atoms with van der Waals surface area (Å²) in [4.78, 5) is 0. The fourth-order valence-corrected chi connectivity index (χ4v) is 2.65. The van der Waals surface area contributed by atoms with Gasteiger partial charge < -0.3 is 15.2 Å². The van der Waals surface area contributed by atoms with Crippen molar-refractivity contribution in [2.45, 2.75) is 12.3 Å². The fourth-order valence-electron chi connectivity index (χ4n) is 1.60. The van der Waals surface area contributed by atoms with E-state index in [1.54, 1.807) is 6.07 Å². The Morgan fingerprint density at radius 2 is 2.47 bits per heavy atom. The smallest absolute Gasteiger partial charge is 0.161 e. The Labute approximate surface area is 93.8 Å². The Balaban J connectivity index is 2.21. The first-order valence-corrected chi connectivity index (χ1v) is 6.17. The molecule has 1 heterocycles. The van der Waals surface area contributed by atoms with Gasteiger partial charge in [-0.3, -0.25) is 0 Å². The lowest BCUT2D eigenvalue weighted by atomic mass is 10.2. The molecule has 2 N–H and O–H groups in total. The van der Waals surface area contributed by atoms with Gasteiger partial charge in [-0.05, 0) is 24.6 Å². The first-order chi connectivity index (χ1) is 7.31. The summed E-state index contributed by atoms with van der Waals surface area (Å²) in [7, 11) is 0. The normalized spacial score (nSPS) is 20.5. The van der Waals surface area contributed by atoms with Crippen LogP contribution in [-0.2, 0) is 0 Å². The molecule has 4 heteroatoms. The van der Waals surface area contributed by atoms with E-state index in [2.05, 4.69) is 5.32 Å². The molecule has 0 saturated carbocycles. The largest absolute Gasteiger partial charge is 0.504 e. The number of phenols is 1. The summed E-state index contributed by atoms with van der Waals surface area (Å²) < 4.78 is 5.35. The van der Waals surface area contributed by atoms with Crippen molar-refractivity contribution in [3.8, 4) is 11.5 Å². The Morgan fingerprint density at radius 3 is 3.13 bits per heavy atom. The van der Waals surface area contributed by atoms with Gasteiger partial charge in [-0.1, -0.05) is 6.07 Å². The molecule has 1 aliphatic heterocycles. The summed E-state index contributed by atoms with van der Waals surface area (Å²) in [5, 5.41) is 13.3. The molecule has 1 unspecified atom stereocenters. The van der Waals surface area contributed by atoms with Crippen LogP contribution in [0.2, 0.25) is 0 Å². The van der Waals surface area contributed by atoms with Gasteiger partial charge in [0.1, 0.15) is 0 Å². The second-order valence-electron chi connectivity index (χ2n) is 3.37. The number of ether oxygens (including phenoxy) is 1. The molecule has 0 spiro atoms. The van der Waals surface area contributed by atoms with E-state index in [1.807, 2.05) is 30.8 Å². The summed E-state index contributed by atoms with van der Waals surface area (Å²) in [6, 6.07) is 5.55. The highest BCUT2D eigenvalue weighted by Gasteiger charge is 2.17. The van der Waals surface area contributed by atoms with Gasteiger partial charge in [0.25, 0.3) is 0 Å². The average Bonchev–Trinajstić information content (AvgIpc) is 2.75. The summed E-state index contributed by atoms with van der Waals surface area (Å²) in [6.07, 6.45) is 0. The molecule has 2 rings (SSSR count). The molecule has 15 heavy (non-hydrogen) atoms. The number of aromatic hydroxyl groups is 1. The van der Waals surface area contributed by atoms with Gasteiger partial charge in [0.05, 0.1) is 12.0 Å². The maximum atomic E-state index is 9.56. The zero-order chi connectivity index (χ0) is 10.7. The lowest BCUT2D eigenvalue weighted by Gasteiger charge is -2.12. The van der Waals surface area contributed by atoms with Crippen LogP contribution in [0, 0.1) is 0 Å². The third-order valence-electron chi connectivity index (χ3n) is 2.30. The molecule has 1 aromatic rings. The SMILES string of the molecule is CCOc1cc(C2NCCS2)ccc1O. The van der Waals surface area contributed by atoms with Crippen LogP contribution < -0.4 is 10.1 Å². The van der Waals surface area contributed by atoms with E-state index in [0.717, 1.165) is 12.3 Å². The van der Waals surface area contributed by atoms with E-state index in [9.17, 15) is 5.11 Å². The molecule has 82 valence electrons. The van der Waals surface area contributed by atoms with Crippen LogP contribution in [0.3, 0.4) is 0 Å². The summed E-state index contributed by atoms with van der Waals surface area (Å²) >= 11 is 1.88. The lowest BCUT2D eigenvalue weighted by Crippen LogP contribution is -2.12. The van der Waals surface area contributed by atoms with E-state index in [-0.39, 0.29) is 5.75 Å². The topological polar surface area (TPSA) is 41.5 Å². The molecule has 0 bridgehead atoms. The molecule has 1 aliphatic rings. The lowest BCUT2D eigenvalue weighted by molar-refractivity contribution is 0.317. The van der Waals surface area contributed by atoms with Crippen LogP contribution in [0.1, 0.15) is 17.9 Å². The minimum atomic E-state index is 0.212. The van der Waals surface area contributed by atoms with Crippen molar-refractivity contribution in [1.82, 2.24) is 5.32 Å². The number of benzene rings is 1. The Morgan fingerprint density at radius 1 is 1.60 bits per heavy atom. The van der Waals surface area contributed by atoms with Crippen molar-refractivity contribution in [1.29, 1.82) is 0 Å². The Kier molecular flexibility index (Phi) is 3.38. The van der Waals surface area contributed by atoms with Crippen LogP contribution in [0.4, 0.5) is 0 Å². The van der Waals surface area contributed by atoms with Crippen molar-refractivity contribution in [2.75, 3.05) is 18.9 Å². The molecule has 3 nitrogen and oxygen atoms in total. The van der Waals surface area contributed by atoms with Gasteiger partial charge in [0, 0.05) is 12.3 Å². The van der Waals surface area contributed by atoms with Gasteiger partial charge in [-0.15, -0.1) is 11.8 Å². The van der Waals surface area contributed by atoms with Crippen molar-refractivity contribution in [2.24, 2.45) is 0 Å². The summed E-state index contributed by atoms with van der Waals surface area (Å²) in [5.74, 6) is 1.92. The predicted octanol–water partition coefficient (Wildman–Crippen LogP) is 2.13. The van der Waals surface area contributed by atoms with Gasteiger partial charge in [0.15, 0.2) is 11.5 Å². The number of hydrogen-bond donors (Lipinski definition) is 2. The number of phenolic OH excluding ortho intramolecular Hbond substituents is 1. The molecule has 1 atom stereocenters. The molecular weight excluding hydrogens is 210 g/mol. The van der Waals surface area contributed by atoms with Crippen molar-refractivity contribution in [3.63, 3.8) is 0 Å². The van der Waals surface area contributed by atoms with Gasteiger partial charge in [0.2, 0.25) is 0 Å². The van der Waals surface area contributed by atoms with Crippen molar-refractivity contribution in [3.05, 3.63) is 23.8 Å². The first kappa shape index (κ1) is 10.6. The number of thioether (sulfide) groups is 1. The average molecular weight is 225 g/mol. The minimum Gasteiger partial charge on any atom is -0.504 e. The maximum absolute atomic E-state index is 9.56.